The number of nitrogens with two attached hydrogens (primary N) is 1. The molecule has 2 N–H and O–H groups in total. The lowest BCUT2D eigenvalue weighted by atomic mass is 10.1. The van der Waals surface area contributed by atoms with Gasteiger partial charge in [0, 0.05) is 18.3 Å². The van der Waals surface area contributed by atoms with Crippen molar-refractivity contribution in [1.29, 1.82) is 5.26 Å². The van der Waals surface area contributed by atoms with Crippen molar-refractivity contribution in [2.24, 2.45) is 11.7 Å². The van der Waals surface area contributed by atoms with Crippen LogP contribution in [0.1, 0.15) is 30.2 Å². The first-order chi connectivity index (χ1) is 8.56. The van der Waals surface area contributed by atoms with E-state index in [1.54, 1.807) is 0 Å². The van der Waals surface area contributed by atoms with Gasteiger partial charge in [-0.15, -0.1) is 0 Å². The highest BCUT2D eigenvalue weighted by molar-refractivity contribution is 5.59. The number of hydrogen-bond acceptors (Lipinski definition) is 4. The molecule has 2 heterocycles. The van der Waals surface area contributed by atoms with Gasteiger partial charge in [0.05, 0.1) is 5.56 Å². The van der Waals surface area contributed by atoms with Gasteiger partial charge in [0.15, 0.2) is 0 Å². The third-order valence-electron chi connectivity index (χ3n) is 3.70. The summed E-state index contributed by atoms with van der Waals surface area (Å²) in [4.78, 5) is 6.80. The van der Waals surface area contributed by atoms with Crippen molar-refractivity contribution in [1.82, 2.24) is 4.98 Å². The Hall–Kier alpha value is -1.60. The number of aryl methyl sites for hydroxylation is 2. The van der Waals surface area contributed by atoms with Crippen LogP contribution >= 0.6 is 0 Å². The van der Waals surface area contributed by atoms with E-state index in [0.717, 1.165) is 30.0 Å². The summed E-state index contributed by atoms with van der Waals surface area (Å²) >= 11 is 0. The Kier molecular flexibility index (Phi) is 3.53. The molecule has 0 radical (unpaired) electrons. The van der Waals surface area contributed by atoms with Gasteiger partial charge in [0.25, 0.3) is 0 Å². The van der Waals surface area contributed by atoms with Crippen molar-refractivity contribution in [3.05, 3.63) is 22.9 Å². The summed E-state index contributed by atoms with van der Waals surface area (Å²) in [5.41, 5.74) is 8.42. The number of nitriles is 1. The van der Waals surface area contributed by atoms with Gasteiger partial charge < -0.3 is 10.6 Å². The minimum Gasteiger partial charge on any atom is -0.352 e. The van der Waals surface area contributed by atoms with Crippen LogP contribution in [0.3, 0.4) is 0 Å². The molecule has 1 aromatic rings. The number of aromatic nitrogens is 1. The third-order valence-corrected chi connectivity index (χ3v) is 3.70. The molecule has 0 saturated carbocycles. The molecule has 4 heteroatoms. The Balaban J connectivity index is 2.42. The van der Waals surface area contributed by atoms with Crippen LogP contribution in [-0.2, 0) is 0 Å². The predicted molar refractivity (Wildman–Crippen MR) is 72.4 cm³/mol. The summed E-state index contributed by atoms with van der Waals surface area (Å²) in [6.07, 6.45) is 1.08. The van der Waals surface area contributed by atoms with Gasteiger partial charge in [-0.2, -0.15) is 5.26 Å². The molecule has 0 bridgehead atoms. The second-order valence-corrected chi connectivity index (χ2v) is 5.23. The number of anilines is 1. The average molecular weight is 244 g/mol. The lowest BCUT2D eigenvalue weighted by Gasteiger charge is -2.24. The van der Waals surface area contributed by atoms with E-state index < -0.39 is 0 Å². The number of rotatable bonds is 2. The van der Waals surface area contributed by atoms with Crippen LogP contribution in [0, 0.1) is 31.1 Å². The van der Waals surface area contributed by atoms with Crippen LogP contribution < -0.4 is 10.6 Å². The first-order valence-corrected chi connectivity index (χ1v) is 6.41. The number of pyridine rings is 1. The van der Waals surface area contributed by atoms with E-state index in [2.05, 4.69) is 22.9 Å². The van der Waals surface area contributed by atoms with Crippen molar-refractivity contribution >= 4 is 5.82 Å². The molecule has 4 nitrogen and oxygen atoms in total. The summed E-state index contributed by atoms with van der Waals surface area (Å²) in [6, 6.07) is 4.65. The predicted octanol–water partition coefficient (Wildman–Crippen LogP) is 1.74. The van der Waals surface area contributed by atoms with Crippen LogP contribution in [0.5, 0.6) is 0 Å². The van der Waals surface area contributed by atoms with E-state index in [0.29, 0.717) is 24.1 Å². The molecular weight excluding hydrogens is 224 g/mol. The van der Waals surface area contributed by atoms with Crippen LogP contribution in [0.15, 0.2) is 6.07 Å². The summed E-state index contributed by atoms with van der Waals surface area (Å²) in [5, 5.41) is 9.32. The molecule has 1 aliphatic heterocycles. The van der Waals surface area contributed by atoms with Crippen LogP contribution in [-0.4, -0.2) is 24.1 Å². The zero-order chi connectivity index (χ0) is 13.3. The molecule has 0 spiro atoms. The third kappa shape index (κ3) is 2.19. The topological polar surface area (TPSA) is 65.9 Å². The highest BCUT2D eigenvalue weighted by Gasteiger charge is 2.30. The summed E-state index contributed by atoms with van der Waals surface area (Å²) in [5.74, 6) is 1.34. The molecule has 1 fully saturated rings. The number of hydrogen-bond donors (Lipinski definition) is 1. The largest absolute Gasteiger partial charge is 0.352 e. The molecule has 0 aliphatic carbocycles. The van der Waals surface area contributed by atoms with Gasteiger partial charge >= 0.3 is 0 Å². The molecule has 2 atom stereocenters. The standard InChI is InChI=1S/C14H20N4/c1-9-4-10(2)17-14(13(9)7-16)18-8-12(6-15)5-11(18)3/h4,11-12H,5-6,8,15H2,1-3H3. The average Bonchev–Trinajstić information content (AvgIpc) is 2.69. The monoisotopic (exact) mass is 244 g/mol. The smallest absolute Gasteiger partial charge is 0.147 e. The van der Waals surface area contributed by atoms with Crippen LogP contribution in [0.25, 0.3) is 0 Å². The summed E-state index contributed by atoms with van der Waals surface area (Å²) < 4.78 is 0. The second-order valence-electron chi connectivity index (χ2n) is 5.23. The zero-order valence-electron chi connectivity index (χ0n) is 11.3. The van der Waals surface area contributed by atoms with Crippen molar-refractivity contribution in [3.8, 4) is 6.07 Å². The molecule has 96 valence electrons. The summed E-state index contributed by atoms with van der Waals surface area (Å²) in [6.45, 7) is 7.72. The SMILES string of the molecule is Cc1cc(C)c(C#N)c(N2CC(CN)CC2C)n1. The highest BCUT2D eigenvalue weighted by Crippen LogP contribution is 2.30. The lowest BCUT2D eigenvalue weighted by Crippen LogP contribution is -2.29. The molecule has 1 aliphatic rings. The van der Waals surface area contributed by atoms with E-state index in [4.69, 9.17) is 5.73 Å². The van der Waals surface area contributed by atoms with E-state index in [1.165, 1.54) is 0 Å². The normalized spacial score (nSPS) is 23.2. The molecule has 18 heavy (non-hydrogen) atoms. The van der Waals surface area contributed by atoms with Gasteiger partial charge in [-0.3, -0.25) is 0 Å². The maximum absolute atomic E-state index is 9.32. The van der Waals surface area contributed by atoms with Gasteiger partial charge in [-0.25, -0.2) is 4.98 Å². The van der Waals surface area contributed by atoms with Gasteiger partial charge in [-0.05, 0) is 51.3 Å². The highest BCUT2D eigenvalue weighted by atomic mass is 15.2. The quantitative estimate of drug-likeness (QED) is 0.860. The maximum Gasteiger partial charge on any atom is 0.147 e. The zero-order valence-corrected chi connectivity index (χ0v) is 11.3. The minimum absolute atomic E-state index is 0.402. The van der Waals surface area contributed by atoms with Gasteiger partial charge in [0.1, 0.15) is 11.9 Å². The Morgan fingerprint density at radius 3 is 2.83 bits per heavy atom. The van der Waals surface area contributed by atoms with Crippen molar-refractivity contribution in [3.63, 3.8) is 0 Å². The van der Waals surface area contributed by atoms with Crippen molar-refractivity contribution < 1.29 is 0 Å². The molecule has 0 amide bonds. The molecule has 2 unspecified atom stereocenters. The van der Waals surface area contributed by atoms with Crippen molar-refractivity contribution in [2.75, 3.05) is 18.0 Å². The molecule has 1 saturated heterocycles. The Bertz CT molecular complexity index is 489. The first kappa shape index (κ1) is 12.8. The molecule has 2 rings (SSSR count). The van der Waals surface area contributed by atoms with E-state index in [9.17, 15) is 5.26 Å². The molecule has 1 aromatic heterocycles. The Morgan fingerprint density at radius 2 is 2.28 bits per heavy atom. The fourth-order valence-corrected chi connectivity index (χ4v) is 2.77. The van der Waals surface area contributed by atoms with Gasteiger partial charge in [0.2, 0.25) is 0 Å². The first-order valence-electron chi connectivity index (χ1n) is 6.41. The Morgan fingerprint density at radius 1 is 1.56 bits per heavy atom. The minimum atomic E-state index is 0.402. The Labute approximate surface area is 108 Å². The number of nitrogens with zero attached hydrogens (tertiary/aromatic N) is 3. The van der Waals surface area contributed by atoms with Gasteiger partial charge in [-0.1, -0.05) is 0 Å². The van der Waals surface area contributed by atoms with Crippen LogP contribution in [0.4, 0.5) is 5.82 Å². The fourth-order valence-electron chi connectivity index (χ4n) is 2.77. The van der Waals surface area contributed by atoms with E-state index >= 15 is 0 Å². The maximum atomic E-state index is 9.32. The van der Waals surface area contributed by atoms with E-state index in [-0.39, 0.29) is 0 Å². The second kappa shape index (κ2) is 4.95. The molecule has 0 aromatic carbocycles. The van der Waals surface area contributed by atoms with E-state index in [1.807, 2.05) is 19.9 Å². The van der Waals surface area contributed by atoms with Crippen molar-refractivity contribution in [2.45, 2.75) is 33.2 Å². The summed E-state index contributed by atoms with van der Waals surface area (Å²) in [7, 11) is 0. The molecular formula is C14H20N4. The lowest BCUT2D eigenvalue weighted by molar-refractivity contribution is 0.579. The van der Waals surface area contributed by atoms with Crippen LogP contribution in [0.2, 0.25) is 0 Å². The fraction of sp³-hybridized carbons (Fsp3) is 0.571.